The Morgan fingerprint density at radius 2 is 1.60 bits per heavy atom. The smallest absolute Gasteiger partial charge is 0.249 e. The van der Waals surface area contributed by atoms with Gasteiger partial charge in [-0.15, -0.1) is 10.2 Å². The number of methoxy groups -OCH3 is 1. The lowest BCUT2D eigenvalue weighted by atomic mass is 9.87. The van der Waals surface area contributed by atoms with Gasteiger partial charge in [0.25, 0.3) is 0 Å². The van der Waals surface area contributed by atoms with Crippen molar-refractivity contribution >= 4 is 16.8 Å². The molecule has 42 heavy (non-hydrogen) atoms. The van der Waals surface area contributed by atoms with E-state index in [-0.39, 0.29) is 5.92 Å². The fourth-order valence-corrected chi connectivity index (χ4v) is 5.66. The van der Waals surface area contributed by atoms with Crippen LogP contribution < -0.4 is 10.5 Å². The number of nitrogens with two attached hydrogens (primary N) is 1. The summed E-state index contributed by atoms with van der Waals surface area (Å²) in [6, 6.07) is 34.3. The zero-order valence-corrected chi connectivity index (χ0v) is 23.5. The number of aromatic nitrogens is 4. The highest BCUT2D eigenvalue weighted by Gasteiger charge is 2.27. The molecule has 0 aliphatic rings. The largest absolute Gasteiger partial charge is 0.497 e. The molecule has 0 unspecified atom stereocenters. The summed E-state index contributed by atoms with van der Waals surface area (Å²) in [5.41, 5.74) is 11.8. The van der Waals surface area contributed by atoms with E-state index >= 15 is 0 Å². The van der Waals surface area contributed by atoms with Crippen LogP contribution >= 0.6 is 0 Å². The number of hydrogen-bond acceptors (Lipinski definition) is 4. The van der Waals surface area contributed by atoms with E-state index in [1.54, 1.807) is 13.2 Å². The number of nitrogens with one attached hydrogen (secondary N) is 1. The topological polar surface area (TPSA) is 98.8 Å². The number of H-pyrrole nitrogens is 1. The number of carbonyl (C=O) groups excluding carboxylic acids is 1. The maximum absolute atomic E-state index is 12.6. The standard InChI is InChI=1S/C35H33N5O2/c1-42-27-18-15-25(16-19-27)23-40-33(20-17-24-9-3-2-4-10-24)38-39-35(40)31(29-12-5-6-13-30(29)34(36)41)21-26-22-37-32-14-8-7-11-28(26)32/h2-16,18-19,22,31,37H,17,20-21,23H2,1H3,(H2,36,41)/t31-/m1/s1. The van der Waals surface area contributed by atoms with E-state index in [1.165, 1.54) is 5.56 Å². The average molecular weight is 556 g/mol. The van der Waals surface area contributed by atoms with Gasteiger partial charge >= 0.3 is 0 Å². The van der Waals surface area contributed by atoms with E-state index in [1.807, 2.05) is 54.7 Å². The van der Waals surface area contributed by atoms with E-state index in [9.17, 15) is 4.79 Å². The number of amides is 1. The molecule has 7 heteroatoms. The molecule has 0 saturated carbocycles. The van der Waals surface area contributed by atoms with Crippen molar-refractivity contribution in [2.75, 3.05) is 7.11 Å². The summed E-state index contributed by atoms with van der Waals surface area (Å²) in [7, 11) is 1.67. The molecule has 0 radical (unpaired) electrons. The molecule has 2 aromatic heterocycles. The van der Waals surface area contributed by atoms with Crippen molar-refractivity contribution in [3.05, 3.63) is 149 Å². The number of primary amides is 1. The van der Waals surface area contributed by atoms with Crippen molar-refractivity contribution in [3.63, 3.8) is 0 Å². The molecular weight excluding hydrogens is 522 g/mol. The van der Waals surface area contributed by atoms with Crippen molar-refractivity contribution in [1.29, 1.82) is 0 Å². The minimum atomic E-state index is -0.458. The molecule has 6 aromatic rings. The van der Waals surface area contributed by atoms with Gasteiger partial charge in [-0.3, -0.25) is 4.79 Å². The van der Waals surface area contributed by atoms with E-state index in [0.29, 0.717) is 18.5 Å². The number of rotatable bonds is 11. The number of carbonyl (C=O) groups is 1. The van der Waals surface area contributed by atoms with Crippen LogP contribution in [0.1, 0.15) is 50.2 Å². The van der Waals surface area contributed by atoms with Crippen LogP contribution in [0.15, 0.2) is 109 Å². The van der Waals surface area contributed by atoms with Crippen LogP contribution in [0.25, 0.3) is 10.9 Å². The predicted octanol–water partition coefficient (Wildman–Crippen LogP) is 6.08. The molecule has 7 nitrogen and oxygen atoms in total. The Morgan fingerprint density at radius 1 is 0.857 bits per heavy atom. The summed E-state index contributed by atoms with van der Waals surface area (Å²) >= 11 is 0. The van der Waals surface area contributed by atoms with Crippen LogP contribution in [-0.4, -0.2) is 32.8 Å². The SMILES string of the molecule is COc1ccc(Cn2c(CCc3ccccc3)nnc2[C@H](Cc2c[nH]c3ccccc23)c2ccccc2C(N)=O)cc1. The summed E-state index contributed by atoms with van der Waals surface area (Å²) in [5, 5.41) is 10.7. The van der Waals surface area contributed by atoms with Crippen molar-refractivity contribution in [2.45, 2.75) is 31.7 Å². The fraction of sp³-hybridized carbons (Fsp3) is 0.171. The molecule has 1 atom stereocenters. The monoisotopic (exact) mass is 555 g/mol. The molecule has 0 spiro atoms. The third-order valence-corrected chi connectivity index (χ3v) is 7.85. The molecule has 1 amide bonds. The van der Waals surface area contributed by atoms with Gasteiger partial charge in [-0.05, 0) is 59.4 Å². The second-order valence-electron chi connectivity index (χ2n) is 10.5. The Bertz CT molecular complexity index is 1800. The lowest BCUT2D eigenvalue weighted by Crippen LogP contribution is -2.20. The molecule has 2 heterocycles. The average Bonchev–Trinajstić information content (AvgIpc) is 3.63. The lowest BCUT2D eigenvalue weighted by molar-refractivity contribution is 0.0999. The Balaban J connectivity index is 1.47. The first-order valence-corrected chi connectivity index (χ1v) is 14.1. The van der Waals surface area contributed by atoms with Crippen molar-refractivity contribution in [3.8, 4) is 5.75 Å². The van der Waals surface area contributed by atoms with Crippen molar-refractivity contribution in [1.82, 2.24) is 19.7 Å². The molecule has 0 saturated heterocycles. The summed E-state index contributed by atoms with van der Waals surface area (Å²) in [6.07, 6.45) is 4.23. The maximum Gasteiger partial charge on any atom is 0.249 e. The summed E-state index contributed by atoms with van der Waals surface area (Å²) in [6.45, 7) is 0.583. The van der Waals surface area contributed by atoms with Crippen LogP contribution in [0.3, 0.4) is 0 Å². The number of benzene rings is 4. The van der Waals surface area contributed by atoms with Gasteiger partial charge in [0.1, 0.15) is 17.4 Å². The summed E-state index contributed by atoms with van der Waals surface area (Å²) in [5.74, 6) is 1.78. The van der Waals surface area contributed by atoms with Gasteiger partial charge in [0, 0.05) is 35.0 Å². The number of nitrogens with zero attached hydrogens (tertiary/aromatic N) is 3. The van der Waals surface area contributed by atoms with Crippen molar-refractivity contribution < 1.29 is 9.53 Å². The van der Waals surface area contributed by atoms with Crippen LogP contribution in [0.4, 0.5) is 0 Å². The maximum atomic E-state index is 12.6. The first kappa shape index (κ1) is 27.0. The van der Waals surface area contributed by atoms with Gasteiger partial charge < -0.3 is 20.0 Å². The number of aryl methyl sites for hydroxylation is 2. The van der Waals surface area contributed by atoms with Crippen LogP contribution in [0.5, 0.6) is 5.75 Å². The first-order valence-electron chi connectivity index (χ1n) is 14.1. The Hall–Kier alpha value is -5.17. The number of aromatic amines is 1. The zero-order chi connectivity index (χ0) is 28.9. The zero-order valence-electron chi connectivity index (χ0n) is 23.5. The van der Waals surface area contributed by atoms with E-state index in [2.05, 4.69) is 58.1 Å². The summed E-state index contributed by atoms with van der Waals surface area (Å²) in [4.78, 5) is 16.0. The van der Waals surface area contributed by atoms with Crippen LogP contribution in [0, 0.1) is 0 Å². The molecule has 210 valence electrons. The van der Waals surface area contributed by atoms with E-state index in [4.69, 9.17) is 20.7 Å². The highest BCUT2D eigenvalue weighted by Crippen LogP contribution is 2.33. The normalized spacial score (nSPS) is 11.9. The molecule has 6 rings (SSSR count). The third-order valence-electron chi connectivity index (χ3n) is 7.85. The fourth-order valence-electron chi connectivity index (χ4n) is 5.66. The van der Waals surface area contributed by atoms with Gasteiger partial charge in [-0.1, -0.05) is 78.9 Å². The van der Waals surface area contributed by atoms with Crippen LogP contribution in [0.2, 0.25) is 0 Å². The second kappa shape index (κ2) is 12.1. The van der Waals surface area contributed by atoms with Gasteiger partial charge in [0.15, 0.2) is 0 Å². The van der Waals surface area contributed by atoms with E-state index < -0.39 is 5.91 Å². The predicted molar refractivity (Wildman–Crippen MR) is 165 cm³/mol. The second-order valence-corrected chi connectivity index (χ2v) is 10.5. The Kier molecular flexibility index (Phi) is 7.81. The molecule has 4 aromatic carbocycles. The number of ether oxygens (including phenoxy) is 1. The third kappa shape index (κ3) is 5.67. The van der Waals surface area contributed by atoms with Gasteiger partial charge in [-0.25, -0.2) is 0 Å². The minimum absolute atomic E-state index is 0.260. The number of hydrogen-bond donors (Lipinski definition) is 2. The van der Waals surface area contributed by atoms with Crippen molar-refractivity contribution in [2.24, 2.45) is 5.73 Å². The first-order chi connectivity index (χ1) is 20.6. The lowest BCUT2D eigenvalue weighted by Gasteiger charge is -2.21. The molecule has 0 aliphatic carbocycles. The molecule has 0 fully saturated rings. The quantitative estimate of drug-likeness (QED) is 0.203. The van der Waals surface area contributed by atoms with Crippen LogP contribution in [-0.2, 0) is 25.8 Å². The summed E-state index contributed by atoms with van der Waals surface area (Å²) < 4.78 is 7.60. The van der Waals surface area contributed by atoms with Gasteiger partial charge in [0.05, 0.1) is 13.7 Å². The van der Waals surface area contributed by atoms with Gasteiger partial charge in [0.2, 0.25) is 5.91 Å². The molecule has 0 aliphatic heterocycles. The number of fused-ring (bicyclic) bond motifs is 1. The Morgan fingerprint density at radius 3 is 2.38 bits per heavy atom. The highest BCUT2D eigenvalue weighted by molar-refractivity contribution is 5.94. The highest BCUT2D eigenvalue weighted by atomic mass is 16.5. The minimum Gasteiger partial charge on any atom is -0.497 e. The Labute approximate surface area is 245 Å². The molecule has 0 bridgehead atoms. The van der Waals surface area contributed by atoms with Gasteiger partial charge in [-0.2, -0.15) is 0 Å². The number of para-hydroxylation sites is 1. The molecule has 3 N–H and O–H groups in total. The molecular formula is C35H33N5O2. The van der Waals surface area contributed by atoms with E-state index in [0.717, 1.165) is 57.8 Å².